The van der Waals surface area contributed by atoms with E-state index in [1.165, 1.54) is 0 Å². The summed E-state index contributed by atoms with van der Waals surface area (Å²) in [5.74, 6) is -0.205. The predicted molar refractivity (Wildman–Crippen MR) is 93.9 cm³/mol. The molecule has 1 aliphatic heterocycles. The van der Waals surface area contributed by atoms with E-state index in [0.717, 1.165) is 12.8 Å². The van der Waals surface area contributed by atoms with Crippen LogP contribution < -0.4 is 5.32 Å². The van der Waals surface area contributed by atoms with Crippen LogP contribution in [0.5, 0.6) is 0 Å². The summed E-state index contributed by atoms with van der Waals surface area (Å²) in [5, 5.41) is 3.71. The lowest BCUT2D eigenvalue weighted by Gasteiger charge is -2.35. The molecule has 2 amide bonds. The zero-order valence-electron chi connectivity index (χ0n) is 13.7. The third kappa shape index (κ3) is 4.61. The number of hydrogen-bond acceptors (Lipinski definition) is 2. The van der Waals surface area contributed by atoms with Crippen molar-refractivity contribution in [1.82, 2.24) is 4.90 Å². The van der Waals surface area contributed by atoms with Crippen LogP contribution >= 0.6 is 23.2 Å². The van der Waals surface area contributed by atoms with E-state index in [9.17, 15) is 9.59 Å². The van der Waals surface area contributed by atoms with E-state index < -0.39 is 5.41 Å². The van der Waals surface area contributed by atoms with Crippen LogP contribution in [0.25, 0.3) is 0 Å². The summed E-state index contributed by atoms with van der Waals surface area (Å²) in [7, 11) is 0. The Kier molecular flexibility index (Phi) is 5.58. The van der Waals surface area contributed by atoms with Crippen LogP contribution in [-0.2, 0) is 9.59 Å². The molecule has 1 N–H and O–H groups in total. The molecular formula is C17H22Cl2N2O2. The summed E-state index contributed by atoms with van der Waals surface area (Å²) in [5.41, 5.74) is 0.186. The molecule has 1 fully saturated rings. The Bertz CT molecular complexity index is 611. The number of nitrogens with one attached hydrogen (secondary N) is 1. The van der Waals surface area contributed by atoms with Crippen molar-refractivity contribution in [2.45, 2.75) is 33.6 Å². The van der Waals surface area contributed by atoms with Gasteiger partial charge in [0.2, 0.25) is 11.8 Å². The van der Waals surface area contributed by atoms with Gasteiger partial charge in [0.05, 0.1) is 16.0 Å². The van der Waals surface area contributed by atoms with Crippen LogP contribution in [0.3, 0.4) is 0 Å². The first-order valence-corrected chi connectivity index (χ1v) is 8.49. The Morgan fingerprint density at radius 2 is 1.91 bits per heavy atom. The summed E-state index contributed by atoms with van der Waals surface area (Å²) >= 11 is 11.8. The summed E-state index contributed by atoms with van der Waals surface area (Å²) in [6.07, 6.45) is 1.61. The first-order valence-electron chi connectivity index (χ1n) is 7.74. The summed E-state index contributed by atoms with van der Waals surface area (Å²) in [6, 6.07) is 4.99. The molecule has 0 bridgehead atoms. The Hall–Kier alpha value is -1.26. The topological polar surface area (TPSA) is 49.4 Å². The largest absolute Gasteiger partial charge is 0.341 e. The third-order valence-corrected chi connectivity index (χ3v) is 4.65. The van der Waals surface area contributed by atoms with Crippen molar-refractivity contribution in [3.63, 3.8) is 0 Å². The van der Waals surface area contributed by atoms with Crippen molar-refractivity contribution in [3.05, 3.63) is 28.2 Å². The molecule has 1 aliphatic rings. The molecule has 1 aromatic rings. The fourth-order valence-electron chi connectivity index (χ4n) is 2.67. The maximum Gasteiger partial charge on any atom is 0.229 e. The second-order valence-electron chi connectivity index (χ2n) is 6.96. The van der Waals surface area contributed by atoms with Gasteiger partial charge in [-0.2, -0.15) is 0 Å². The highest BCUT2D eigenvalue weighted by atomic mass is 35.5. The number of piperidine rings is 1. The molecule has 1 aromatic carbocycles. The number of likely N-dealkylation sites (tertiary alicyclic amines) is 1. The van der Waals surface area contributed by atoms with Gasteiger partial charge in [-0.1, -0.05) is 44.0 Å². The fraction of sp³-hybridized carbons (Fsp3) is 0.529. The molecule has 1 heterocycles. The predicted octanol–water partition coefficient (Wildman–Crippen LogP) is 4.22. The highest BCUT2D eigenvalue weighted by molar-refractivity contribution is 6.42. The summed E-state index contributed by atoms with van der Waals surface area (Å²) < 4.78 is 0. The van der Waals surface area contributed by atoms with Gasteiger partial charge in [0.25, 0.3) is 0 Å². The molecule has 0 spiro atoms. The maximum absolute atomic E-state index is 12.5. The highest BCUT2D eigenvalue weighted by Crippen LogP contribution is 2.27. The minimum atomic E-state index is -0.429. The van der Waals surface area contributed by atoms with Gasteiger partial charge in [-0.15, -0.1) is 0 Å². The lowest BCUT2D eigenvalue weighted by molar-refractivity contribution is -0.142. The zero-order valence-corrected chi connectivity index (χ0v) is 15.2. The molecule has 0 aliphatic carbocycles. The number of benzene rings is 1. The van der Waals surface area contributed by atoms with E-state index in [0.29, 0.717) is 28.8 Å². The lowest BCUT2D eigenvalue weighted by atomic mass is 9.91. The van der Waals surface area contributed by atoms with Crippen LogP contribution in [0.1, 0.15) is 33.6 Å². The number of hydrogen-bond donors (Lipinski definition) is 1. The van der Waals surface area contributed by atoms with Crippen LogP contribution in [0.15, 0.2) is 18.2 Å². The first kappa shape index (κ1) is 18.1. The van der Waals surface area contributed by atoms with Crippen molar-refractivity contribution in [3.8, 4) is 0 Å². The van der Waals surface area contributed by atoms with Crippen LogP contribution in [0.2, 0.25) is 10.0 Å². The van der Waals surface area contributed by atoms with Gasteiger partial charge in [-0.05, 0) is 31.0 Å². The van der Waals surface area contributed by atoms with E-state index in [4.69, 9.17) is 23.2 Å². The average Bonchev–Trinajstić information content (AvgIpc) is 2.49. The maximum atomic E-state index is 12.5. The molecule has 23 heavy (non-hydrogen) atoms. The Morgan fingerprint density at radius 3 is 2.52 bits per heavy atom. The van der Waals surface area contributed by atoms with Crippen LogP contribution in [0, 0.1) is 11.3 Å². The Labute approximate surface area is 147 Å². The quantitative estimate of drug-likeness (QED) is 0.862. The fourth-order valence-corrected chi connectivity index (χ4v) is 2.97. The number of amides is 2. The van der Waals surface area contributed by atoms with Crippen molar-refractivity contribution >= 4 is 40.7 Å². The Balaban J connectivity index is 2.02. The molecular weight excluding hydrogens is 335 g/mol. The Morgan fingerprint density at radius 1 is 1.22 bits per heavy atom. The second-order valence-corrected chi connectivity index (χ2v) is 7.77. The van der Waals surface area contributed by atoms with Crippen molar-refractivity contribution in [1.29, 1.82) is 0 Å². The first-order chi connectivity index (χ1) is 10.7. The van der Waals surface area contributed by atoms with Gasteiger partial charge in [0.1, 0.15) is 0 Å². The minimum absolute atomic E-state index is 0.0875. The molecule has 0 radical (unpaired) electrons. The van der Waals surface area contributed by atoms with E-state index in [1.54, 1.807) is 23.1 Å². The van der Waals surface area contributed by atoms with Gasteiger partial charge in [-0.3, -0.25) is 9.59 Å². The van der Waals surface area contributed by atoms with Crippen LogP contribution in [0.4, 0.5) is 5.69 Å². The lowest BCUT2D eigenvalue weighted by Crippen LogP contribution is -2.47. The average molecular weight is 357 g/mol. The van der Waals surface area contributed by atoms with Crippen molar-refractivity contribution < 1.29 is 9.59 Å². The van der Waals surface area contributed by atoms with E-state index in [1.807, 2.05) is 20.8 Å². The van der Waals surface area contributed by atoms with Crippen LogP contribution in [-0.4, -0.2) is 29.8 Å². The molecule has 0 aromatic heterocycles. The van der Waals surface area contributed by atoms with Gasteiger partial charge < -0.3 is 10.2 Å². The zero-order chi connectivity index (χ0) is 17.2. The molecule has 126 valence electrons. The number of rotatable bonds is 2. The second kappa shape index (κ2) is 7.10. The standard InChI is InChI=1S/C17H22Cl2N2O2/c1-17(2,3)16(23)21-8-4-5-11(10-21)15(22)20-12-6-7-13(18)14(19)9-12/h6-7,9,11H,4-5,8,10H2,1-3H3,(H,20,22). The van der Waals surface area contributed by atoms with Gasteiger partial charge in [0, 0.05) is 24.2 Å². The monoisotopic (exact) mass is 356 g/mol. The number of anilines is 1. The van der Waals surface area contributed by atoms with Gasteiger partial charge >= 0.3 is 0 Å². The molecule has 4 nitrogen and oxygen atoms in total. The van der Waals surface area contributed by atoms with Crippen molar-refractivity contribution in [2.24, 2.45) is 11.3 Å². The third-order valence-electron chi connectivity index (χ3n) is 3.91. The molecule has 1 saturated heterocycles. The van der Waals surface area contributed by atoms with E-state index in [2.05, 4.69) is 5.32 Å². The minimum Gasteiger partial charge on any atom is -0.341 e. The van der Waals surface area contributed by atoms with E-state index >= 15 is 0 Å². The molecule has 1 unspecified atom stereocenters. The SMILES string of the molecule is CC(C)(C)C(=O)N1CCCC(C(=O)Nc2ccc(Cl)c(Cl)c2)C1. The van der Waals surface area contributed by atoms with Gasteiger partial charge in [0.15, 0.2) is 0 Å². The summed E-state index contributed by atoms with van der Waals surface area (Å²) in [6.45, 7) is 6.87. The normalized spacial score (nSPS) is 18.7. The highest BCUT2D eigenvalue weighted by Gasteiger charge is 2.33. The number of nitrogens with zero attached hydrogens (tertiary/aromatic N) is 1. The summed E-state index contributed by atoms with van der Waals surface area (Å²) in [4.78, 5) is 26.6. The number of halogens is 2. The molecule has 0 saturated carbocycles. The smallest absolute Gasteiger partial charge is 0.229 e. The van der Waals surface area contributed by atoms with Gasteiger partial charge in [-0.25, -0.2) is 0 Å². The number of carbonyl (C=O) groups is 2. The molecule has 2 rings (SSSR count). The molecule has 6 heteroatoms. The van der Waals surface area contributed by atoms with E-state index in [-0.39, 0.29) is 17.7 Å². The van der Waals surface area contributed by atoms with Crippen molar-refractivity contribution in [2.75, 3.05) is 18.4 Å². The molecule has 1 atom stereocenters. The number of carbonyl (C=O) groups excluding carboxylic acids is 2.